The summed E-state index contributed by atoms with van der Waals surface area (Å²) >= 11 is 0. The molecule has 1 aliphatic heterocycles. The predicted octanol–water partition coefficient (Wildman–Crippen LogP) is 2.11. The van der Waals surface area contributed by atoms with Crippen molar-refractivity contribution in [2.45, 2.75) is 32.1 Å². The average Bonchev–Trinajstić information content (AvgIpc) is 2.56. The second-order valence-electron chi connectivity index (χ2n) is 4.78. The summed E-state index contributed by atoms with van der Waals surface area (Å²) in [5.74, 6) is 6.29. The molecule has 100 valence electrons. The summed E-state index contributed by atoms with van der Waals surface area (Å²) in [6, 6.07) is 6.07. The van der Waals surface area contributed by atoms with Crippen molar-refractivity contribution in [1.29, 1.82) is 0 Å². The van der Waals surface area contributed by atoms with E-state index in [1.54, 1.807) is 4.90 Å². The molecule has 1 aliphatic rings. The number of hydrogen-bond donors (Lipinski definition) is 1. The molecule has 19 heavy (non-hydrogen) atoms. The van der Waals surface area contributed by atoms with Crippen molar-refractivity contribution in [3.05, 3.63) is 29.3 Å². The van der Waals surface area contributed by atoms with E-state index in [1.807, 2.05) is 19.2 Å². The van der Waals surface area contributed by atoms with Gasteiger partial charge in [0, 0.05) is 37.7 Å². The van der Waals surface area contributed by atoms with Crippen LogP contribution in [0.4, 0.5) is 5.69 Å². The fraction of sp³-hybridized carbons (Fsp3) is 0.438. The fourth-order valence-corrected chi connectivity index (χ4v) is 2.23. The summed E-state index contributed by atoms with van der Waals surface area (Å²) < 4.78 is 0. The highest BCUT2D eigenvalue weighted by atomic mass is 16.2. The number of nitrogens with zero attached hydrogens (tertiary/aromatic N) is 1. The van der Waals surface area contributed by atoms with Crippen molar-refractivity contribution in [3.8, 4) is 11.8 Å². The summed E-state index contributed by atoms with van der Waals surface area (Å²) in [5, 5.41) is 8.70. The summed E-state index contributed by atoms with van der Waals surface area (Å²) in [7, 11) is 1.83. The lowest BCUT2D eigenvalue weighted by Gasteiger charge is -2.17. The van der Waals surface area contributed by atoms with Gasteiger partial charge in [-0.05, 0) is 37.0 Å². The number of rotatable bonds is 2. The molecular weight excluding hydrogens is 238 g/mol. The third-order valence-corrected chi connectivity index (χ3v) is 3.35. The third kappa shape index (κ3) is 3.36. The summed E-state index contributed by atoms with van der Waals surface area (Å²) in [6.07, 6.45) is 3.88. The molecule has 3 heteroatoms. The normalized spacial score (nSPS) is 14.4. The van der Waals surface area contributed by atoms with E-state index < -0.39 is 0 Å². The van der Waals surface area contributed by atoms with Gasteiger partial charge in [0.25, 0.3) is 0 Å². The number of anilines is 1. The van der Waals surface area contributed by atoms with Gasteiger partial charge in [0.1, 0.15) is 0 Å². The lowest BCUT2D eigenvalue weighted by Crippen LogP contribution is -2.25. The van der Waals surface area contributed by atoms with Gasteiger partial charge >= 0.3 is 0 Å². The summed E-state index contributed by atoms with van der Waals surface area (Å²) in [6.45, 7) is 0.177. The van der Waals surface area contributed by atoms with Gasteiger partial charge in [-0.15, -0.1) is 0 Å². The van der Waals surface area contributed by atoms with E-state index in [9.17, 15) is 4.79 Å². The summed E-state index contributed by atoms with van der Waals surface area (Å²) in [5.41, 5.74) is 3.13. The molecule has 1 aromatic rings. The number of aliphatic hydroxyl groups excluding tert-OH is 1. The lowest BCUT2D eigenvalue weighted by atomic mass is 10.0. The van der Waals surface area contributed by atoms with E-state index in [1.165, 1.54) is 5.56 Å². The molecule has 2 rings (SSSR count). The molecule has 0 aromatic heterocycles. The van der Waals surface area contributed by atoms with Crippen LogP contribution in [0.3, 0.4) is 0 Å². The second-order valence-corrected chi connectivity index (χ2v) is 4.78. The van der Waals surface area contributed by atoms with Crippen LogP contribution >= 0.6 is 0 Å². The van der Waals surface area contributed by atoms with Gasteiger partial charge in [-0.25, -0.2) is 0 Å². The Morgan fingerprint density at radius 2 is 2.21 bits per heavy atom. The van der Waals surface area contributed by atoms with Gasteiger partial charge in [0.15, 0.2) is 0 Å². The lowest BCUT2D eigenvalue weighted by molar-refractivity contribution is -0.118. The highest BCUT2D eigenvalue weighted by Gasteiger charge is 2.18. The maximum absolute atomic E-state index is 11.8. The topological polar surface area (TPSA) is 40.5 Å². The predicted molar refractivity (Wildman–Crippen MR) is 76.0 cm³/mol. The van der Waals surface area contributed by atoms with Crippen LogP contribution in [0.5, 0.6) is 0 Å². The molecule has 0 radical (unpaired) electrons. The highest BCUT2D eigenvalue weighted by molar-refractivity contribution is 5.94. The minimum atomic E-state index is 0.170. The van der Waals surface area contributed by atoms with Gasteiger partial charge in [-0.3, -0.25) is 4.79 Å². The van der Waals surface area contributed by atoms with Crippen molar-refractivity contribution in [1.82, 2.24) is 0 Å². The Kier molecular flexibility index (Phi) is 4.59. The van der Waals surface area contributed by atoms with Crippen molar-refractivity contribution in [2.75, 3.05) is 18.6 Å². The molecule has 1 amide bonds. The van der Waals surface area contributed by atoms with Crippen LogP contribution in [0.2, 0.25) is 0 Å². The van der Waals surface area contributed by atoms with E-state index >= 15 is 0 Å². The van der Waals surface area contributed by atoms with Crippen LogP contribution in [0, 0.1) is 11.8 Å². The maximum Gasteiger partial charge on any atom is 0.226 e. The molecule has 3 nitrogen and oxygen atoms in total. The van der Waals surface area contributed by atoms with Crippen LogP contribution in [0.25, 0.3) is 0 Å². The highest BCUT2D eigenvalue weighted by Crippen LogP contribution is 2.26. The number of aryl methyl sites for hydroxylation is 1. The molecule has 1 N–H and O–H groups in total. The zero-order valence-corrected chi connectivity index (χ0v) is 11.3. The van der Waals surface area contributed by atoms with Gasteiger partial charge in [0.05, 0.1) is 0 Å². The molecule has 0 saturated carbocycles. The van der Waals surface area contributed by atoms with Gasteiger partial charge in [-0.2, -0.15) is 0 Å². The first-order chi connectivity index (χ1) is 9.22. The minimum Gasteiger partial charge on any atom is -0.396 e. The van der Waals surface area contributed by atoms with Gasteiger partial charge < -0.3 is 10.0 Å². The molecule has 0 aliphatic carbocycles. The SMILES string of the molecule is CN1C(=O)CCCc2ccc(C#CCCCO)cc21. The number of carbonyl (C=O) groups is 1. The Morgan fingerprint density at radius 1 is 1.37 bits per heavy atom. The molecule has 0 saturated heterocycles. The number of unbranched alkanes of at least 4 members (excludes halogenated alkanes) is 1. The average molecular weight is 257 g/mol. The molecule has 0 atom stereocenters. The van der Waals surface area contributed by atoms with Crippen LogP contribution in [0.15, 0.2) is 18.2 Å². The third-order valence-electron chi connectivity index (χ3n) is 3.35. The van der Waals surface area contributed by atoms with Gasteiger partial charge in [-0.1, -0.05) is 17.9 Å². The number of amides is 1. The Bertz CT molecular complexity index is 525. The molecule has 0 bridgehead atoms. The van der Waals surface area contributed by atoms with E-state index in [-0.39, 0.29) is 12.5 Å². The Hall–Kier alpha value is -1.79. The van der Waals surface area contributed by atoms with Crippen LogP contribution in [0.1, 0.15) is 36.8 Å². The largest absolute Gasteiger partial charge is 0.396 e. The van der Waals surface area contributed by atoms with Gasteiger partial charge in [0.2, 0.25) is 5.91 Å². The maximum atomic E-state index is 11.8. The molecule has 0 unspecified atom stereocenters. The van der Waals surface area contributed by atoms with E-state index in [0.717, 1.165) is 24.1 Å². The molecular formula is C16H19NO2. The Balaban J connectivity index is 2.23. The number of carbonyl (C=O) groups excluding carboxylic acids is 1. The van der Waals surface area contributed by atoms with Crippen LogP contribution < -0.4 is 4.90 Å². The van der Waals surface area contributed by atoms with E-state index in [0.29, 0.717) is 19.3 Å². The number of hydrogen-bond acceptors (Lipinski definition) is 2. The number of fused-ring (bicyclic) bond motifs is 1. The number of benzene rings is 1. The Morgan fingerprint density at radius 3 is 3.00 bits per heavy atom. The first kappa shape index (κ1) is 13.6. The fourth-order valence-electron chi connectivity index (χ4n) is 2.23. The number of aliphatic hydroxyl groups is 1. The smallest absolute Gasteiger partial charge is 0.226 e. The van der Waals surface area contributed by atoms with Crippen LogP contribution in [-0.2, 0) is 11.2 Å². The first-order valence-corrected chi connectivity index (χ1v) is 6.71. The quantitative estimate of drug-likeness (QED) is 0.651. The van der Waals surface area contributed by atoms with Crippen molar-refractivity contribution < 1.29 is 9.90 Å². The molecule has 1 aromatic carbocycles. The van der Waals surface area contributed by atoms with Crippen molar-refractivity contribution in [2.24, 2.45) is 0 Å². The second kappa shape index (κ2) is 6.40. The van der Waals surface area contributed by atoms with Crippen molar-refractivity contribution in [3.63, 3.8) is 0 Å². The molecule has 0 spiro atoms. The van der Waals surface area contributed by atoms with Crippen LogP contribution in [-0.4, -0.2) is 24.7 Å². The standard InChI is InChI=1S/C16H19NO2/c1-17-15-12-13(6-3-2-4-11-18)9-10-14(15)7-5-8-16(17)19/h9-10,12,18H,2,4-5,7-8,11H2,1H3. The monoisotopic (exact) mass is 257 g/mol. The minimum absolute atomic E-state index is 0.170. The van der Waals surface area contributed by atoms with E-state index in [2.05, 4.69) is 17.9 Å². The Labute approximate surface area is 114 Å². The van der Waals surface area contributed by atoms with E-state index in [4.69, 9.17) is 5.11 Å². The summed E-state index contributed by atoms with van der Waals surface area (Å²) in [4.78, 5) is 13.6. The molecule has 1 heterocycles. The van der Waals surface area contributed by atoms with Crippen molar-refractivity contribution >= 4 is 11.6 Å². The molecule has 0 fully saturated rings. The first-order valence-electron chi connectivity index (χ1n) is 6.71. The zero-order chi connectivity index (χ0) is 13.7. The zero-order valence-electron chi connectivity index (χ0n) is 11.3.